The number of hydrogen-bond acceptors (Lipinski definition) is 2. The largest absolute Gasteiger partial charge is 0.464 e. The highest BCUT2D eigenvalue weighted by atomic mass is 16.3. The van der Waals surface area contributed by atoms with Crippen LogP contribution in [-0.2, 0) is 0 Å². The normalized spacial score (nSPS) is 10.6. The van der Waals surface area contributed by atoms with E-state index < -0.39 is 0 Å². The van der Waals surface area contributed by atoms with E-state index >= 15 is 0 Å². The maximum Gasteiger partial charge on any atom is 0.192 e. The Balaban J connectivity index is 3.03. The minimum Gasteiger partial charge on any atom is -0.464 e. The Morgan fingerprint density at radius 1 is 1.23 bits per heavy atom. The molecular formula is C11H10O2. The topological polar surface area (TPSA) is 30.2 Å². The molecule has 66 valence electrons. The molecular weight excluding hydrogens is 164 g/mol. The minimum atomic E-state index is 0.0213. The van der Waals surface area contributed by atoms with Crippen molar-refractivity contribution >= 4 is 11.0 Å². The van der Waals surface area contributed by atoms with Gasteiger partial charge in [0.2, 0.25) is 0 Å². The van der Waals surface area contributed by atoms with Crippen molar-refractivity contribution in [1.82, 2.24) is 0 Å². The van der Waals surface area contributed by atoms with E-state index in [1.807, 2.05) is 26.0 Å². The monoisotopic (exact) mass is 174 g/mol. The Morgan fingerprint density at radius 3 is 2.77 bits per heavy atom. The van der Waals surface area contributed by atoms with Crippen molar-refractivity contribution in [2.75, 3.05) is 0 Å². The quantitative estimate of drug-likeness (QED) is 0.614. The number of benzene rings is 1. The summed E-state index contributed by atoms with van der Waals surface area (Å²) in [6.45, 7) is 3.91. The van der Waals surface area contributed by atoms with Gasteiger partial charge < -0.3 is 4.42 Å². The number of fused-ring (bicyclic) bond motifs is 1. The summed E-state index contributed by atoms with van der Waals surface area (Å²) >= 11 is 0. The van der Waals surface area contributed by atoms with Crippen molar-refractivity contribution in [2.24, 2.45) is 0 Å². The molecule has 2 nitrogen and oxygen atoms in total. The molecule has 0 radical (unpaired) electrons. The SMILES string of the molecule is Cc1cc(C)c2occc(=O)c2c1. The molecule has 0 amide bonds. The summed E-state index contributed by atoms with van der Waals surface area (Å²) in [5.41, 5.74) is 2.81. The smallest absolute Gasteiger partial charge is 0.192 e. The van der Waals surface area contributed by atoms with Crippen molar-refractivity contribution in [3.05, 3.63) is 45.8 Å². The highest BCUT2D eigenvalue weighted by molar-refractivity contribution is 5.80. The second-order valence-electron chi connectivity index (χ2n) is 3.24. The molecule has 0 aliphatic rings. The average molecular weight is 174 g/mol. The first kappa shape index (κ1) is 8.05. The lowest BCUT2D eigenvalue weighted by molar-refractivity contribution is 0.600. The Hall–Kier alpha value is -1.57. The van der Waals surface area contributed by atoms with Crippen LogP contribution in [0, 0.1) is 13.8 Å². The molecule has 0 saturated heterocycles. The van der Waals surface area contributed by atoms with E-state index in [2.05, 4.69) is 0 Å². The second kappa shape index (κ2) is 2.73. The lowest BCUT2D eigenvalue weighted by Gasteiger charge is -2.00. The molecule has 0 atom stereocenters. The third-order valence-corrected chi connectivity index (χ3v) is 2.09. The Morgan fingerprint density at radius 2 is 2.00 bits per heavy atom. The van der Waals surface area contributed by atoms with Crippen LogP contribution in [0.15, 0.2) is 33.7 Å². The van der Waals surface area contributed by atoms with E-state index in [9.17, 15) is 4.79 Å². The molecule has 0 bridgehead atoms. The Bertz CT molecular complexity index is 509. The van der Waals surface area contributed by atoms with E-state index in [1.165, 1.54) is 12.3 Å². The molecule has 0 unspecified atom stereocenters. The lowest BCUT2D eigenvalue weighted by Crippen LogP contribution is -1.99. The molecule has 2 rings (SSSR count). The zero-order chi connectivity index (χ0) is 9.42. The van der Waals surface area contributed by atoms with E-state index in [4.69, 9.17) is 4.42 Å². The van der Waals surface area contributed by atoms with Crippen LogP contribution in [0.4, 0.5) is 0 Å². The highest BCUT2D eigenvalue weighted by Gasteiger charge is 2.02. The standard InChI is InChI=1S/C11H10O2/c1-7-5-8(2)11-9(6-7)10(12)3-4-13-11/h3-6H,1-2H3. The molecule has 0 aliphatic heterocycles. The van der Waals surface area contributed by atoms with Gasteiger partial charge >= 0.3 is 0 Å². The summed E-state index contributed by atoms with van der Waals surface area (Å²) in [4.78, 5) is 11.4. The molecule has 0 fully saturated rings. The second-order valence-corrected chi connectivity index (χ2v) is 3.24. The maximum absolute atomic E-state index is 11.4. The summed E-state index contributed by atoms with van der Waals surface area (Å²) in [5.74, 6) is 0. The molecule has 2 heteroatoms. The van der Waals surface area contributed by atoms with Crippen molar-refractivity contribution in [1.29, 1.82) is 0 Å². The van der Waals surface area contributed by atoms with Gasteiger partial charge in [0.15, 0.2) is 5.43 Å². The molecule has 0 spiro atoms. The zero-order valence-corrected chi connectivity index (χ0v) is 7.63. The van der Waals surface area contributed by atoms with Gasteiger partial charge in [0, 0.05) is 6.07 Å². The average Bonchev–Trinajstić information content (AvgIpc) is 2.07. The van der Waals surface area contributed by atoms with Crippen LogP contribution < -0.4 is 5.43 Å². The van der Waals surface area contributed by atoms with Gasteiger partial charge in [0.25, 0.3) is 0 Å². The van der Waals surface area contributed by atoms with Crippen molar-refractivity contribution < 1.29 is 4.42 Å². The first-order valence-corrected chi connectivity index (χ1v) is 4.17. The van der Waals surface area contributed by atoms with Crippen molar-refractivity contribution in [3.8, 4) is 0 Å². The third-order valence-electron chi connectivity index (χ3n) is 2.09. The number of rotatable bonds is 0. The fraction of sp³-hybridized carbons (Fsp3) is 0.182. The van der Waals surface area contributed by atoms with Gasteiger partial charge in [-0.05, 0) is 31.0 Å². The molecule has 1 heterocycles. The molecule has 1 aromatic heterocycles. The summed E-state index contributed by atoms with van der Waals surface area (Å²) in [6.07, 6.45) is 1.44. The number of aryl methyl sites for hydroxylation is 2. The first-order chi connectivity index (χ1) is 6.18. The van der Waals surface area contributed by atoms with Crippen LogP contribution in [0.25, 0.3) is 11.0 Å². The van der Waals surface area contributed by atoms with Gasteiger partial charge in [0.05, 0.1) is 11.6 Å². The van der Waals surface area contributed by atoms with E-state index in [0.29, 0.717) is 11.0 Å². The van der Waals surface area contributed by atoms with E-state index in [-0.39, 0.29) is 5.43 Å². The van der Waals surface area contributed by atoms with Crippen LogP contribution >= 0.6 is 0 Å². The van der Waals surface area contributed by atoms with Crippen LogP contribution in [-0.4, -0.2) is 0 Å². The minimum absolute atomic E-state index is 0.0213. The zero-order valence-electron chi connectivity index (χ0n) is 7.63. The summed E-state index contributed by atoms with van der Waals surface area (Å²) in [6, 6.07) is 5.31. The molecule has 1 aromatic carbocycles. The fourth-order valence-corrected chi connectivity index (χ4v) is 1.55. The predicted octanol–water partition coefficient (Wildman–Crippen LogP) is 2.41. The highest BCUT2D eigenvalue weighted by Crippen LogP contribution is 2.16. The molecule has 0 saturated carbocycles. The number of hydrogen-bond donors (Lipinski definition) is 0. The maximum atomic E-state index is 11.4. The van der Waals surface area contributed by atoms with Gasteiger partial charge in [-0.2, -0.15) is 0 Å². The van der Waals surface area contributed by atoms with E-state index in [1.54, 1.807) is 0 Å². The summed E-state index contributed by atoms with van der Waals surface area (Å²) in [5, 5.41) is 0.667. The van der Waals surface area contributed by atoms with Crippen molar-refractivity contribution in [2.45, 2.75) is 13.8 Å². The molecule has 0 aliphatic carbocycles. The van der Waals surface area contributed by atoms with Gasteiger partial charge in [-0.1, -0.05) is 6.07 Å². The molecule has 0 N–H and O–H groups in total. The molecule has 2 aromatic rings. The van der Waals surface area contributed by atoms with Gasteiger partial charge in [-0.15, -0.1) is 0 Å². The van der Waals surface area contributed by atoms with Crippen LogP contribution in [0.3, 0.4) is 0 Å². The first-order valence-electron chi connectivity index (χ1n) is 4.17. The predicted molar refractivity (Wildman–Crippen MR) is 52.0 cm³/mol. The van der Waals surface area contributed by atoms with Crippen LogP contribution in [0.5, 0.6) is 0 Å². The fourth-order valence-electron chi connectivity index (χ4n) is 1.55. The lowest BCUT2D eigenvalue weighted by atomic mass is 10.1. The van der Waals surface area contributed by atoms with Crippen LogP contribution in [0.1, 0.15) is 11.1 Å². The van der Waals surface area contributed by atoms with Crippen molar-refractivity contribution in [3.63, 3.8) is 0 Å². The summed E-state index contributed by atoms with van der Waals surface area (Å²) in [7, 11) is 0. The van der Waals surface area contributed by atoms with Gasteiger partial charge in [0.1, 0.15) is 5.58 Å². The van der Waals surface area contributed by atoms with Gasteiger partial charge in [-0.25, -0.2) is 0 Å². The van der Waals surface area contributed by atoms with Gasteiger partial charge in [-0.3, -0.25) is 4.79 Å². The van der Waals surface area contributed by atoms with Crippen LogP contribution in [0.2, 0.25) is 0 Å². The Labute approximate surface area is 75.8 Å². The van der Waals surface area contributed by atoms with E-state index in [0.717, 1.165) is 11.1 Å². The Kier molecular flexibility index (Phi) is 1.69. The molecule has 13 heavy (non-hydrogen) atoms. The summed E-state index contributed by atoms with van der Waals surface area (Å²) < 4.78 is 5.28. The third kappa shape index (κ3) is 1.24.